The van der Waals surface area contributed by atoms with Crippen LogP contribution in [-0.4, -0.2) is 35.5 Å². The number of amides is 2. The molecule has 0 rings (SSSR count). The first-order valence-corrected chi connectivity index (χ1v) is 9.22. The van der Waals surface area contributed by atoms with Gasteiger partial charge in [0.25, 0.3) is 0 Å². The van der Waals surface area contributed by atoms with Crippen molar-refractivity contribution in [1.82, 2.24) is 10.6 Å². The monoisotopic (exact) mass is 356 g/mol. The zero-order valence-electron chi connectivity index (χ0n) is 16.6. The fourth-order valence-corrected chi connectivity index (χ4v) is 2.66. The Morgan fingerprint density at radius 3 is 2.12 bits per heavy atom. The molecule has 146 valence electrons. The van der Waals surface area contributed by atoms with Crippen molar-refractivity contribution in [2.24, 2.45) is 17.3 Å². The maximum absolute atomic E-state index is 11.9. The molecule has 0 saturated heterocycles. The van der Waals surface area contributed by atoms with Gasteiger partial charge in [0, 0.05) is 18.9 Å². The topological polar surface area (TPSA) is 95.5 Å². The van der Waals surface area contributed by atoms with E-state index in [1.807, 2.05) is 27.7 Å². The fourth-order valence-electron chi connectivity index (χ4n) is 2.66. The molecule has 0 saturated carbocycles. The Kier molecular flexibility index (Phi) is 10.4. The van der Waals surface area contributed by atoms with Crippen LogP contribution in [0.1, 0.15) is 73.6 Å². The number of carboxylic acid groups (broad SMARTS) is 1. The molecule has 0 bridgehead atoms. The number of nitrogens with one attached hydrogen (secondary N) is 2. The lowest BCUT2D eigenvalue weighted by Crippen LogP contribution is -2.42. The average Bonchev–Trinajstić information content (AvgIpc) is 2.42. The highest BCUT2D eigenvalue weighted by molar-refractivity contribution is 5.83. The van der Waals surface area contributed by atoms with Crippen LogP contribution in [-0.2, 0) is 14.4 Å². The molecule has 0 aromatic heterocycles. The van der Waals surface area contributed by atoms with Gasteiger partial charge in [-0.15, -0.1) is 0 Å². The van der Waals surface area contributed by atoms with E-state index >= 15 is 0 Å². The largest absolute Gasteiger partial charge is 0.480 e. The standard InChI is InChI=1S/C19H36N2O4/c1-13(2)11-14(3)17(23)20-10-8-7-9-15(18(24)25)21-16(22)12-19(4,5)6/h13-15H,7-12H2,1-6H3,(H,20,23)(H,21,22)(H,24,25). The molecule has 0 heterocycles. The highest BCUT2D eigenvalue weighted by atomic mass is 16.4. The second kappa shape index (κ2) is 11.1. The summed E-state index contributed by atoms with van der Waals surface area (Å²) in [5.41, 5.74) is -0.176. The van der Waals surface area contributed by atoms with Gasteiger partial charge in [0.1, 0.15) is 6.04 Å². The molecule has 0 aliphatic rings. The molecule has 25 heavy (non-hydrogen) atoms. The van der Waals surface area contributed by atoms with Crippen molar-refractivity contribution in [3.63, 3.8) is 0 Å². The second-order valence-corrected chi connectivity index (χ2v) is 8.51. The van der Waals surface area contributed by atoms with Gasteiger partial charge in [0.2, 0.25) is 11.8 Å². The van der Waals surface area contributed by atoms with Crippen molar-refractivity contribution >= 4 is 17.8 Å². The molecular weight excluding hydrogens is 320 g/mol. The van der Waals surface area contributed by atoms with Gasteiger partial charge < -0.3 is 15.7 Å². The number of carboxylic acids is 1. The van der Waals surface area contributed by atoms with Gasteiger partial charge in [-0.1, -0.05) is 41.5 Å². The third-order valence-electron chi connectivity index (χ3n) is 3.82. The molecule has 2 unspecified atom stereocenters. The van der Waals surface area contributed by atoms with Crippen LogP contribution < -0.4 is 10.6 Å². The first-order valence-electron chi connectivity index (χ1n) is 9.22. The number of rotatable bonds is 11. The van der Waals surface area contributed by atoms with Crippen molar-refractivity contribution in [2.45, 2.75) is 79.7 Å². The van der Waals surface area contributed by atoms with E-state index in [2.05, 4.69) is 24.5 Å². The number of carbonyl (C=O) groups excluding carboxylic acids is 2. The minimum absolute atomic E-state index is 0.0107. The third kappa shape index (κ3) is 12.4. The summed E-state index contributed by atoms with van der Waals surface area (Å²) in [6.07, 6.45) is 2.83. The number of unbranched alkanes of at least 4 members (excludes halogenated alkanes) is 1. The van der Waals surface area contributed by atoms with E-state index in [1.165, 1.54) is 0 Å². The zero-order valence-corrected chi connectivity index (χ0v) is 16.6. The van der Waals surface area contributed by atoms with E-state index in [1.54, 1.807) is 0 Å². The predicted molar refractivity (Wildman–Crippen MR) is 99.1 cm³/mol. The minimum Gasteiger partial charge on any atom is -0.480 e. The van der Waals surface area contributed by atoms with Gasteiger partial charge in [-0.3, -0.25) is 9.59 Å². The number of hydrogen-bond acceptors (Lipinski definition) is 3. The van der Waals surface area contributed by atoms with Crippen LogP contribution in [0.2, 0.25) is 0 Å². The average molecular weight is 357 g/mol. The van der Waals surface area contributed by atoms with Crippen molar-refractivity contribution < 1.29 is 19.5 Å². The normalized spacial score (nSPS) is 14.0. The van der Waals surface area contributed by atoms with Crippen LogP contribution in [0.3, 0.4) is 0 Å². The van der Waals surface area contributed by atoms with E-state index in [0.29, 0.717) is 38.1 Å². The Balaban J connectivity index is 4.11. The first kappa shape index (κ1) is 23.4. The summed E-state index contributed by atoms with van der Waals surface area (Å²) in [7, 11) is 0. The molecule has 6 nitrogen and oxygen atoms in total. The minimum atomic E-state index is -1.02. The van der Waals surface area contributed by atoms with E-state index in [-0.39, 0.29) is 23.1 Å². The van der Waals surface area contributed by atoms with Crippen LogP contribution >= 0.6 is 0 Å². The van der Waals surface area contributed by atoms with Gasteiger partial charge in [-0.2, -0.15) is 0 Å². The molecule has 0 aliphatic carbocycles. The Morgan fingerprint density at radius 2 is 1.64 bits per heavy atom. The highest BCUT2D eigenvalue weighted by Crippen LogP contribution is 2.18. The number of aliphatic carboxylic acids is 1. The quantitative estimate of drug-likeness (QED) is 0.496. The van der Waals surface area contributed by atoms with Crippen LogP contribution in [0.5, 0.6) is 0 Å². The van der Waals surface area contributed by atoms with Crippen molar-refractivity contribution in [1.29, 1.82) is 0 Å². The smallest absolute Gasteiger partial charge is 0.326 e. The van der Waals surface area contributed by atoms with E-state index in [9.17, 15) is 19.5 Å². The second-order valence-electron chi connectivity index (χ2n) is 8.51. The highest BCUT2D eigenvalue weighted by Gasteiger charge is 2.22. The molecule has 0 aromatic carbocycles. The number of carbonyl (C=O) groups is 3. The first-order chi connectivity index (χ1) is 11.4. The lowest BCUT2D eigenvalue weighted by Gasteiger charge is -2.20. The Morgan fingerprint density at radius 1 is 1.04 bits per heavy atom. The molecular formula is C19H36N2O4. The van der Waals surface area contributed by atoms with Gasteiger partial charge in [-0.25, -0.2) is 4.79 Å². The Labute approximate surface area is 152 Å². The van der Waals surface area contributed by atoms with Gasteiger partial charge in [-0.05, 0) is 37.0 Å². The summed E-state index contributed by atoms with van der Waals surface area (Å²) in [4.78, 5) is 35.1. The lowest BCUT2D eigenvalue weighted by molar-refractivity contribution is -0.142. The molecule has 6 heteroatoms. The predicted octanol–water partition coefficient (Wildman–Crippen LogP) is 2.96. The fraction of sp³-hybridized carbons (Fsp3) is 0.842. The van der Waals surface area contributed by atoms with Gasteiger partial charge >= 0.3 is 5.97 Å². The van der Waals surface area contributed by atoms with Crippen LogP contribution in [0.25, 0.3) is 0 Å². The maximum Gasteiger partial charge on any atom is 0.326 e. The molecule has 0 radical (unpaired) electrons. The summed E-state index contributed by atoms with van der Waals surface area (Å²) < 4.78 is 0. The molecule has 0 aromatic rings. The van der Waals surface area contributed by atoms with Crippen LogP contribution in [0.4, 0.5) is 0 Å². The summed E-state index contributed by atoms with van der Waals surface area (Å²) in [5.74, 6) is -0.744. The van der Waals surface area contributed by atoms with Crippen molar-refractivity contribution in [2.75, 3.05) is 6.54 Å². The van der Waals surface area contributed by atoms with Crippen LogP contribution in [0, 0.1) is 17.3 Å². The molecule has 2 atom stereocenters. The summed E-state index contributed by atoms with van der Waals surface area (Å²) in [6.45, 7) is 12.4. The zero-order chi connectivity index (χ0) is 19.6. The summed E-state index contributed by atoms with van der Waals surface area (Å²) >= 11 is 0. The van der Waals surface area contributed by atoms with E-state index in [4.69, 9.17) is 0 Å². The molecule has 0 aliphatic heterocycles. The van der Waals surface area contributed by atoms with E-state index in [0.717, 1.165) is 6.42 Å². The maximum atomic E-state index is 11.9. The third-order valence-corrected chi connectivity index (χ3v) is 3.82. The van der Waals surface area contributed by atoms with Crippen molar-refractivity contribution in [3.8, 4) is 0 Å². The molecule has 0 spiro atoms. The van der Waals surface area contributed by atoms with Gasteiger partial charge in [0.15, 0.2) is 0 Å². The summed E-state index contributed by atoms with van der Waals surface area (Å²) in [5, 5.41) is 14.7. The molecule has 2 amide bonds. The molecule has 3 N–H and O–H groups in total. The van der Waals surface area contributed by atoms with Crippen molar-refractivity contribution in [3.05, 3.63) is 0 Å². The summed E-state index contributed by atoms with van der Waals surface area (Å²) in [6, 6.07) is -0.870. The van der Waals surface area contributed by atoms with E-state index < -0.39 is 12.0 Å². The Bertz CT molecular complexity index is 441. The van der Waals surface area contributed by atoms with Gasteiger partial charge in [0.05, 0.1) is 0 Å². The molecule has 0 fully saturated rings. The SMILES string of the molecule is CC(C)CC(C)C(=O)NCCCCC(NC(=O)CC(C)(C)C)C(=O)O. The Hall–Kier alpha value is -1.59. The lowest BCUT2D eigenvalue weighted by atomic mass is 9.92. The number of hydrogen-bond donors (Lipinski definition) is 3. The van der Waals surface area contributed by atoms with Crippen LogP contribution in [0.15, 0.2) is 0 Å².